The van der Waals surface area contributed by atoms with Crippen LogP contribution < -0.4 is 10.6 Å². The highest BCUT2D eigenvalue weighted by Gasteiger charge is 2.20. The van der Waals surface area contributed by atoms with Gasteiger partial charge in [-0.2, -0.15) is 0 Å². The predicted molar refractivity (Wildman–Crippen MR) is 82.1 cm³/mol. The first kappa shape index (κ1) is 15.8. The van der Waals surface area contributed by atoms with Crippen molar-refractivity contribution in [3.8, 4) is 0 Å². The van der Waals surface area contributed by atoms with E-state index in [4.69, 9.17) is 11.6 Å². The number of anilines is 1. The Morgan fingerprint density at radius 1 is 1.32 bits per heavy atom. The number of carbonyl (C=O) groups is 1. The Balaban J connectivity index is 3.05. The molecule has 0 atom stereocenters. The zero-order valence-electron chi connectivity index (χ0n) is 12.1. The average Bonchev–Trinajstić information content (AvgIpc) is 2.35. The lowest BCUT2D eigenvalue weighted by Crippen LogP contribution is -2.32. The van der Waals surface area contributed by atoms with Crippen LogP contribution in [0.4, 0.5) is 5.69 Å². The second kappa shape index (κ2) is 6.80. The predicted octanol–water partition coefficient (Wildman–Crippen LogP) is 4.08. The van der Waals surface area contributed by atoms with Gasteiger partial charge in [0.1, 0.15) is 0 Å². The van der Waals surface area contributed by atoms with Crippen LogP contribution in [0.3, 0.4) is 0 Å². The first-order chi connectivity index (χ1) is 8.91. The molecule has 3 nitrogen and oxygen atoms in total. The number of nitrogens with one attached hydrogen (secondary N) is 2. The maximum Gasteiger partial charge on any atom is 0.254 e. The van der Waals surface area contributed by atoms with Gasteiger partial charge in [0.25, 0.3) is 5.91 Å². The van der Waals surface area contributed by atoms with Gasteiger partial charge in [0.15, 0.2) is 0 Å². The molecule has 19 heavy (non-hydrogen) atoms. The Morgan fingerprint density at radius 2 is 2.00 bits per heavy atom. The molecule has 0 fully saturated rings. The molecule has 0 saturated carbocycles. The molecule has 0 spiro atoms. The molecule has 0 saturated heterocycles. The summed E-state index contributed by atoms with van der Waals surface area (Å²) in [5.41, 5.74) is 1.23. The minimum absolute atomic E-state index is 0.0789. The van der Waals surface area contributed by atoms with Crippen molar-refractivity contribution in [1.29, 1.82) is 0 Å². The van der Waals surface area contributed by atoms with Gasteiger partial charge in [0, 0.05) is 17.8 Å². The van der Waals surface area contributed by atoms with Gasteiger partial charge in [-0.3, -0.25) is 4.79 Å². The molecule has 0 aliphatic heterocycles. The Kier molecular flexibility index (Phi) is 5.67. The first-order valence-corrected chi connectivity index (χ1v) is 7.14. The van der Waals surface area contributed by atoms with Gasteiger partial charge in [-0.25, -0.2) is 0 Å². The van der Waals surface area contributed by atoms with Crippen molar-refractivity contribution < 1.29 is 4.79 Å². The monoisotopic (exact) mass is 282 g/mol. The van der Waals surface area contributed by atoms with E-state index in [1.54, 1.807) is 6.07 Å². The molecule has 2 N–H and O–H groups in total. The van der Waals surface area contributed by atoms with Gasteiger partial charge >= 0.3 is 0 Å². The van der Waals surface area contributed by atoms with E-state index in [2.05, 4.69) is 31.4 Å². The lowest BCUT2D eigenvalue weighted by molar-refractivity contribution is 0.0954. The third-order valence-electron chi connectivity index (χ3n) is 3.13. The molecule has 0 unspecified atom stereocenters. The van der Waals surface area contributed by atoms with Crippen LogP contribution >= 0.6 is 11.6 Å². The van der Waals surface area contributed by atoms with E-state index >= 15 is 0 Å². The van der Waals surface area contributed by atoms with Gasteiger partial charge in [-0.1, -0.05) is 31.5 Å². The van der Waals surface area contributed by atoms with Gasteiger partial charge in [-0.15, -0.1) is 0 Å². The molecule has 4 heteroatoms. The summed E-state index contributed by atoms with van der Waals surface area (Å²) in [5.74, 6) is -0.123. The number of hydrogen-bond acceptors (Lipinski definition) is 2. The third-order valence-corrected chi connectivity index (χ3v) is 3.45. The summed E-state index contributed by atoms with van der Waals surface area (Å²) < 4.78 is 0. The Morgan fingerprint density at radius 3 is 2.58 bits per heavy atom. The fraction of sp³-hybridized carbons (Fsp3) is 0.533. The number of amides is 1. The van der Waals surface area contributed by atoms with E-state index in [1.807, 2.05) is 19.1 Å². The zero-order valence-corrected chi connectivity index (χ0v) is 12.9. The Labute approximate surface area is 120 Å². The molecule has 106 valence electrons. The zero-order chi connectivity index (χ0) is 14.5. The SMILES string of the molecule is CCCNC(=O)c1c(Cl)cccc1NC(C)(C)CC. The molecular formula is C15H23ClN2O. The van der Waals surface area contributed by atoms with Crippen LogP contribution in [-0.4, -0.2) is 18.0 Å². The second-order valence-corrected chi connectivity index (χ2v) is 5.69. The second-order valence-electron chi connectivity index (χ2n) is 5.28. The number of carbonyl (C=O) groups excluding carboxylic acids is 1. The molecule has 0 heterocycles. The molecule has 0 bridgehead atoms. The van der Waals surface area contributed by atoms with Crippen LogP contribution in [-0.2, 0) is 0 Å². The van der Waals surface area contributed by atoms with Crippen LogP contribution in [0, 0.1) is 0 Å². The van der Waals surface area contributed by atoms with Gasteiger partial charge in [0.05, 0.1) is 10.6 Å². The summed E-state index contributed by atoms with van der Waals surface area (Å²) >= 11 is 6.17. The van der Waals surface area contributed by atoms with Gasteiger partial charge in [-0.05, 0) is 38.8 Å². The number of benzene rings is 1. The average molecular weight is 283 g/mol. The molecule has 0 radical (unpaired) electrons. The van der Waals surface area contributed by atoms with Crippen molar-refractivity contribution in [3.63, 3.8) is 0 Å². The molecule has 1 aromatic rings. The van der Waals surface area contributed by atoms with Gasteiger partial charge in [0.2, 0.25) is 0 Å². The summed E-state index contributed by atoms with van der Waals surface area (Å²) in [4.78, 5) is 12.2. The topological polar surface area (TPSA) is 41.1 Å². The van der Waals surface area contributed by atoms with Crippen molar-refractivity contribution in [3.05, 3.63) is 28.8 Å². The molecule has 1 amide bonds. The maximum absolute atomic E-state index is 12.2. The quantitative estimate of drug-likeness (QED) is 0.825. The smallest absolute Gasteiger partial charge is 0.254 e. The highest BCUT2D eigenvalue weighted by atomic mass is 35.5. The standard InChI is InChI=1S/C15H23ClN2O/c1-5-10-17-14(19)13-11(16)8-7-9-12(13)18-15(3,4)6-2/h7-9,18H,5-6,10H2,1-4H3,(H,17,19). The van der Waals surface area contributed by atoms with Crippen molar-refractivity contribution in [2.45, 2.75) is 46.1 Å². The highest BCUT2D eigenvalue weighted by molar-refractivity contribution is 6.34. The van der Waals surface area contributed by atoms with E-state index in [9.17, 15) is 4.79 Å². The van der Waals surface area contributed by atoms with E-state index < -0.39 is 0 Å². The van der Waals surface area contributed by atoms with Crippen molar-refractivity contribution in [2.75, 3.05) is 11.9 Å². The van der Waals surface area contributed by atoms with E-state index in [-0.39, 0.29) is 11.4 Å². The minimum atomic E-state index is -0.123. The number of halogens is 1. The lowest BCUT2D eigenvalue weighted by atomic mass is 10.0. The fourth-order valence-electron chi connectivity index (χ4n) is 1.64. The minimum Gasteiger partial charge on any atom is -0.379 e. The molecule has 0 aliphatic carbocycles. The van der Waals surface area contributed by atoms with Gasteiger partial charge < -0.3 is 10.6 Å². The Bertz CT molecular complexity index is 444. The summed E-state index contributed by atoms with van der Waals surface area (Å²) in [7, 11) is 0. The van der Waals surface area contributed by atoms with Crippen molar-refractivity contribution in [1.82, 2.24) is 5.32 Å². The van der Waals surface area contributed by atoms with E-state index in [1.165, 1.54) is 0 Å². The lowest BCUT2D eigenvalue weighted by Gasteiger charge is -2.27. The molecule has 0 aliphatic rings. The Hall–Kier alpha value is -1.22. The van der Waals surface area contributed by atoms with Crippen LogP contribution in [0.1, 0.15) is 50.9 Å². The summed E-state index contributed by atoms with van der Waals surface area (Å²) in [5, 5.41) is 6.74. The van der Waals surface area contributed by atoms with E-state index in [0.717, 1.165) is 18.5 Å². The molecule has 0 aromatic heterocycles. The largest absolute Gasteiger partial charge is 0.379 e. The van der Waals surface area contributed by atoms with Crippen LogP contribution in [0.15, 0.2) is 18.2 Å². The molecule has 1 rings (SSSR count). The van der Waals surface area contributed by atoms with Crippen LogP contribution in [0.25, 0.3) is 0 Å². The van der Waals surface area contributed by atoms with Crippen LogP contribution in [0.5, 0.6) is 0 Å². The first-order valence-electron chi connectivity index (χ1n) is 6.76. The van der Waals surface area contributed by atoms with Crippen LogP contribution in [0.2, 0.25) is 5.02 Å². The normalized spacial score (nSPS) is 11.2. The number of rotatable bonds is 6. The summed E-state index contributed by atoms with van der Waals surface area (Å²) in [6, 6.07) is 5.49. The van der Waals surface area contributed by atoms with Crippen molar-refractivity contribution >= 4 is 23.2 Å². The summed E-state index contributed by atoms with van der Waals surface area (Å²) in [6.07, 6.45) is 1.86. The molecule has 1 aromatic carbocycles. The third kappa shape index (κ3) is 4.43. The highest BCUT2D eigenvalue weighted by Crippen LogP contribution is 2.27. The summed E-state index contributed by atoms with van der Waals surface area (Å²) in [6.45, 7) is 8.98. The maximum atomic E-state index is 12.2. The van der Waals surface area contributed by atoms with E-state index in [0.29, 0.717) is 17.1 Å². The fourth-order valence-corrected chi connectivity index (χ4v) is 1.90. The van der Waals surface area contributed by atoms with Crippen molar-refractivity contribution in [2.24, 2.45) is 0 Å². The molecular weight excluding hydrogens is 260 g/mol. The number of hydrogen-bond donors (Lipinski definition) is 2.